The second kappa shape index (κ2) is 7.49. The average molecular weight is 412 g/mol. The summed E-state index contributed by atoms with van der Waals surface area (Å²) in [7, 11) is -4.64. The van der Waals surface area contributed by atoms with Crippen molar-refractivity contribution in [3.8, 4) is 11.5 Å². The van der Waals surface area contributed by atoms with E-state index in [2.05, 4.69) is 0 Å². The van der Waals surface area contributed by atoms with E-state index in [0.717, 1.165) is 0 Å². The van der Waals surface area contributed by atoms with Crippen molar-refractivity contribution in [3.05, 3.63) is 48.5 Å². The first-order valence-corrected chi connectivity index (χ1v) is 11.3. The molecule has 0 N–H and O–H groups in total. The maximum absolute atomic E-state index is 13.0. The van der Waals surface area contributed by atoms with Gasteiger partial charge in [0.05, 0.1) is 24.4 Å². The maximum atomic E-state index is 13.0. The molecule has 3 rings (SSSR count). The smallest absolute Gasteiger partial charge is 0.246 e. The summed E-state index contributed by atoms with van der Waals surface area (Å²) in [6.45, 7) is 0.0446. The topological polar surface area (TPSA) is 90.0 Å². The number of rotatable bonds is 6. The largest absolute Gasteiger partial charge is 0.497 e. The average Bonchev–Trinajstić information content (AvgIpc) is 3.20. The monoisotopic (exact) mass is 411 g/mol. The van der Waals surface area contributed by atoms with Gasteiger partial charge in [0.25, 0.3) is 0 Å². The van der Waals surface area contributed by atoms with E-state index in [1.165, 1.54) is 48.9 Å². The molecule has 0 amide bonds. The molecule has 1 aliphatic heterocycles. The van der Waals surface area contributed by atoms with Crippen molar-refractivity contribution in [1.29, 1.82) is 0 Å². The molecule has 0 radical (unpaired) electrons. The number of hydrogen-bond donors (Lipinski definition) is 0. The van der Waals surface area contributed by atoms with Gasteiger partial charge in [-0.05, 0) is 30.7 Å². The minimum absolute atomic E-state index is 0.0106. The van der Waals surface area contributed by atoms with Crippen molar-refractivity contribution < 1.29 is 26.3 Å². The molecule has 1 atom stereocenters. The van der Waals surface area contributed by atoms with Crippen LogP contribution in [-0.2, 0) is 19.9 Å². The van der Waals surface area contributed by atoms with Gasteiger partial charge in [0.15, 0.2) is 9.84 Å². The van der Waals surface area contributed by atoms with Crippen molar-refractivity contribution in [2.24, 2.45) is 0 Å². The van der Waals surface area contributed by atoms with Gasteiger partial charge in [0, 0.05) is 19.2 Å². The summed E-state index contributed by atoms with van der Waals surface area (Å²) >= 11 is 0. The van der Waals surface area contributed by atoms with Gasteiger partial charge in [0.1, 0.15) is 16.4 Å². The Bertz CT molecular complexity index is 1020. The molecule has 0 aliphatic carbocycles. The number of sulfonamides is 1. The number of nitrogens with zero attached hydrogens (tertiary/aromatic N) is 1. The Hall–Kier alpha value is -2.10. The lowest BCUT2D eigenvalue weighted by Gasteiger charge is -2.19. The van der Waals surface area contributed by atoms with E-state index in [1.807, 2.05) is 0 Å². The highest BCUT2D eigenvalue weighted by Crippen LogP contribution is 2.33. The van der Waals surface area contributed by atoms with Crippen LogP contribution in [0.3, 0.4) is 0 Å². The van der Waals surface area contributed by atoms with Crippen LogP contribution in [0.4, 0.5) is 0 Å². The molecule has 1 unspecified atom stereocenters. The molecule has 1 saturated heterocycles. The molecule has 1 aliphatic rings. The van der Waals surface area contributed by atoms with Crippen molar-refractivity contribution in [2.75, 3.05) is 27.3 Å². The van der Waals surface area contributed by atoms with E-state index in [-0.39, 0.29) is 35.1 Å². The summed E-state index contributed by atoms with van der Waals surface area (Å²) in [6.07, 6.45) is 0.245. The third-order valence-corrected chi connectivity index (χ3v) is 8.70. The maximum Gasteiger partial charge on any atom is 0.246 e. The first-order chi connectivity index (χ1) is 12.8. The van der Waals surface area contributed by atoms with Crippen LogP contribution in [0.1, 0.15) is 6.42 Å². The van der Waals surface area contributed by atoms with E-state index in [0.29, 0.717) is 5.75 Å². The molecule has 0 spiro atoms. The second-order valence-corrected chi connectivity index (χ2v) is 10.3. The van der Waals surface area contributed by atoms with Crippen molar-refractivity contribution in [2.45, 2.75) is 21.5 Å². The predicted octanol–water partition coefficient (Wildman–Crippen LogP) is 1.94. The Morgan fingerprint density at radius 3 is 2.30 bits per heavy atom. The third-order valence-electron chi connectivity index (χ3n) is 4.61. The van der Waals surface area contributed by atoms with Crippen LogP contribution in [0.5, 0.6) is 11.5 Å². The van der Waals surface area contributed by atoms with Crippen LogP contribution in [0.25, 0.3) is 0 Å². The Labute approximate surface area is 159 Å². The van der Waals surface area contributed by atoms with Crippen LogP contribution >= 0.6 is 0 Å². The van der Waals surface area contributed by atoms with Gasteiger partial charge >= 0.3 is 0 Å². The zero-order valence-corrected chi connectivity index (χ0v) is 16.7. The summed E-state index contributed by atoms with van der Waals surface area (Å²) in [6, 6.07) is 12.5. The van der Waals surface area contributed by atoms with Gasteiger partial charge in [-0.1, -0.05) is 18.2 Å². The van der Waals surface area contributed by atoms with Gasteiger partial charge in [-0.3, -0.25) is 0 Å². The number of ether oxygens (including phenoxy) is 2. The summed E-state index contributed by atoms with van der Waals surface area (Å²) in [5, 5.41) is -0.779. The molecule has 146 valence electrons. The summed E-state index contributed by atoms with van der Waals surface area (Å²) in [5.41, 5.74) is 0. The van der Waals surface area contributed by atoms with E-state index in [4.69, 9.17) is 9.47 Å². The van der Waals surface area contributed by atoms with E-state index in [9.17, 15) is 16.8 Å². The fraction of sp³-hybridized carbons (Fsp3) is 0.333. The Morgan fingerprint density at radius 1 is 0.963 bits per heavy atom. The van der Waals surface area contributed by atoms with Crippen LogP contribution in [0.15, 0.2) is 58.3 Å². The van der Waals surface area contributed by atoms with Gasteiger partial charge in [0.2, 0.25) is 10.0 Å². The molecule has 7 nitrogen and oxygen atoms in total. The van der Waals surface area contributed by atoms with Crippen LogP contribution in [0, 0.1) is 0 Å². The normalized spacial score (nSPS) is 18.4. The number of methoxy groups -OCH3 is 2. The van der Waals surface area contributed by atoms with Gasteiger partial charge in [-0.25, -0.2) is 16.8 Å². The zero-order chi connectivity index (χ0) is 19.7. The summed E-state index contributed by atoms with van der Waals surface area (Å²) in [5.74, 6) is 0.625. The molecule has 0 saturated carbocycles. The first kappa shape index (κ1) is 19.7. The molecule has 2 aromatic carbocycles. The zero-order valence-electron chi connectivity index (χ0n) is 15.0. The van der Waals surface area contributed by atoms with E-state index < -0.39 is 25.1 Å². The SMILES string of the molecule is COc1ccc(S(=O)(=O)N2CCC(S(=O)(=O)c3ccccc3)C2)c(OC)c1. The predicted molar refractivity (Wildman–Crippen MR) is 100 cm³/mol. The minimum Gasteiger partial charge on any atom is -0.497 e. The third kappa shape index (κ3) is 3.67. The van der Waals surface area contributed by atoms with Crippen molar-refractivity contribution >= 4 is 19.9 Å². The highest BCUT2D eigenvalue weighted by molar-refractivity contribution is 7.92. The Balaban J connectivity index is 1.88. The van der Waals surface area contributed by atoms with Gasteiger partial charge in [-0.15, -0.1) is 0 Å². The lowest BCUT2D eigenvalue weighted by Crippen LogP contribution is -2.32. The second-order valence-electron chi connectivity index (χ2n) is 6.15. The van der Waals surface area contributed by atoms with Crippen LogP contribution in [0.2, 0.25) is 0 Å². The molecule has 0 aromatic heterocycles. The molecule has 27 heavy (non-hydrogen) atoms. The molecule has 0 bridgehead atoms. The number of benzene rings is 2. The highest BCUT2D eigenvalue weighted by atomic mass is 32.2. The lowest BCUT2D eigenvalue weighted by atomic mass is 10.3. The van der Waals surface area contributed by atoms with Crippen LogP contribution in [-0.4, -0.2) is 53.7 Å². The Morgan fingerprint density at radius 2 is 1.67 bits per heavy atom. The summed E-state index contributed by atoms with van der Waals surface area (Å²) < 4.78 is 63.1. The number of sulfone groups is 1. The number of hydrogen-bond acceptors (Lipinski definition) is 6. The van der Waals surface area contributed by atoms with Gasteiger partial charge < -0.3 is 9.47 Å². The molecule has 1 fully saturated rings. The van der Waals surface area contributed by atoms with E-state index >= 15 is 0 Å². The van der Waals surface area contributed by atoms with Crippen LogP contribution < -0.4 is 9.47 Å². The standard InChI is InChI=1S/C18H21NO6S2/c1-24-14-8-9-18(17(12-14)25-2)27(22,23)19-11-10-16(13-19)26(20,21)15-6-4-3-5-7-15/h3-9,12,16H,10-11,13H2,1-2H3. The fourth-order valence-corrected chi connectivity index (χ4v) is 6.54. The van der Waals surface area contributed by atoms with Gasteiger partial charge in [-0.2, -0.15) is 4.31 Å². The lowest BCUT2D eigenvalue weighted by molar-refractivity contribution is 0.383. The molecular formula is C18H21NO6S2. The van der Waals surface area contributed by atoms with Crippen molar-refractivity contribution in [1.82, 2.24) is 4.31 Å². The summed E-state index contributed by atoms with van der Waals surface area (Å²) in [4.78, 5) is 0.194. The molecule has 9 heteroatoms. The first-order valence-electron chi connectivity index (χ1n) is 8.32. The highest BCUT2D eigenvalue weighted by Gasteiger charge is 2.40. The van der Waals surface area contributed by atoms with E-state index in [1.54, 1.807) is 18.2 Å². The minimum atomic E-state index is -3.89. The molecule has 2 aromatic rings. The van der Waals surface area contributed by atoms with Crippen molar-refractivity contribution in [3.63, 3.8) is 0 Å². The quantitative estimate of drug-likeness (QED) is 0.722. The Kier molecular flexibility index (Phi) is 5.45. The fourth-order valence-electron chi connectivity index (χ4n) is 3.10. The molecular weight excluding hydrogens is 390 g/mol. The molecule has 1 heterocycles.